The number of fused-ring (bicyclic) bond motifs is 4. The van der Waals surface area contributed by atoms with Gasteiger partial charge >= 0.3 is 0 Å². The molecule has 1 aliphatic carbocycles. The standard InChI is InChI=1S/C26H26N2O3S/c1-2-18-14-15-24-22(16-18)21-11-5-6-13-25(21)32(30,31)28(24)17-26(29)27-23-12-7-9-19-8-3-4-10-20(19)23/h3-6,8,10-11,13-16,23H,2,7,9,12,17H2,1H3,(H,27,29)/t23-/m1/s1. The maximum atomic E-state index is 13.5. The molecule has 3 aromatic carbocycles. The van der Waals surface area contributed by atoms with Gasteiger partial charge < -0.3 is 5.32 Å². The van der Waals surface area contributed by atoms with Crippen molar-refractivity contribution in [3.63, 3.8) is 0 Å². The van der Waals surface area contributed by atoms with E-state index in [1.165, 1.54) is 9.87 Å². The minimum atomic E-state index is -3.84. The van der Waals surface area contributed by atoms with E-state index in [4.69, 9.17) is 0 Å². The van der Waals surface area contributed by atoms with E-state index in [9.17, 15) is 13.2 Å². The zero-order valence-electron chi connectivity index (χ0n) is 18.0. The third-order valence-corrected chi connectivity index (χ3v) is 8.29. The number of carbonyl (C=O) groups excluding carboxylic acids is 1. The van der Waals surface area contributed by atoms with Crippen LogP contribution in [0, 0.1) is 0 Å². The van der Waals surface area contributed by atoms with Crippen molar-refractivity contribution in [2.45, 2.75) is 43.5 Å². The molecule has 1 amide bonds. The zero-order chi connectivity index (χ0) is 22.3. The second-order valence-electron chi connectivity index (χ2n) is 8.42. The van der Waals surface area contributed by atoms with Gasteiger partial charge in [-0.05, 0) is 60.6 Å². The fourth-order valence-corrected chi connectivity index (χ4v) is 6.49. The summed E-state index contributed by atoms with van der Waals surface area (Å²) in [6.07, 6.45) is 3.71. The van der Waals surface area contributed by atoms with Crippen LogP contribution < -0.4 is 9.62 Å². The third kappa shape index (κ3) is 3.48. The molecule has 0 aromatic heterocycles. The van der Waals surface area contributed by atoms with Crippen LogP contribution in [0.1, 0.15) is 42.5 Å². The summed E-state index contributed by atoms with van der Waals surface area (Å²) in [5.41, 5.74) is 5.61. The summed E-state index contributed by atoms with van der Waals surface area (Å²) in [5.74, 6) is -0.292. The van der Waals surface area contributed by atoms with Gasteiger partial charge in [-0.2, -0.15) is 0 Å². The Labute approximate surface area is 189 Å². The van der Waals surface area contributed by atoms with Crippen molar-refractivity contribution in [2.24, 2.45) is 0 Å². The van der Waals surface area contributed by atoms with E-state index in [1.807, 2.05) is 42.5 Å². The lowest BCUT2D eigenvalue weighted by molar-refractivity contribution is -0.120. The summed E-state index contributed by atoms with van der Waals surface area (Å²) in [6, 6.07) is 20.9. The first-order valence-electron chi connectivity index (χ1n) is 11.1. The SMILES string of the molecule is CCc1ccc2c(c1)-c1ccccc1S(=O)(=O)N2CC(=O)N[C@@H]1CCCc2ccccc21. The highest BCUT2D eigenvalue weighted by atomic mass is 32.2. The van der Waals surface area contributed by atoms with Gasteiger partial charge in [-0.3, -0.25) is 9.10 Å². The maximum absolute atomic E-state index is 13.5. The van der Waals surface area contributed by atoms with E-state index >= 15 is 0 Å². The highest BCUT2D eigenvalue weighted by molar-refractivity contribution is 7.93. The summed E-state index contributed by atoms with van der Waals surface area (Å²) < 4.78 is 28.2. The van der Waals surface area contributed by atoms with Gasteiger partial charge in [-0.25, -0.2) is 8.42 Å². The van der Waals surface area contributed by atoms with Crippen molar-refractivity contribution in [2.75, 3.05) is 10.8 Å². The van der Waals surface area contributed by atoms with Crippen LogP contribution in [0.4, 0.5) is 5.69 Å². The van der Waals surface area contributed by atoms with Crippen molar-refractivity contribution in [3.8, 4) is 11.1 Å². The second kappa shape index (κ2) is 8.10. The summed E-state index contributed by atoms with van der Waals surface area (Å²) in [7, 11) is -3.84. The molecule has 1 aliphatic heterocycles. The Morgan fingerprint density at radius 2 is 1.81 bits per heavy atom. The van der Waals surface area contributed by atoms with E-state index < -0.39 is 10.0 Å². The molecular formula is C26H26N2O3S. The first-order chi connectivity index (χ1) is 15.5. The molecule has 5 rings (SSSR count). The number of sulfonamides is 1. The van der Waals surface area contributed by atoms with Crippen LogP contribution >= 0.6 is 0 Å². The minimum absolute atomic E-state index is 0.0887. The Bertz CT molecular complexity index is 1300. The quantitative estimate of drug-likeness (QED) is 0.636. The van der Waals surface area contributed by atoms with Crippen LogP contribution in [0.5, 0.6) is 0 Å². The average molecular weight is 447 g/mol. The van der Waals surface area contributed by atoms with Crippen molar-refractivity contribution in [1.29, 1.82) is 0 Å². The number of hydrogen-bond acceptors (Lipinski definition) is 3. The van der Waals surface area contributed by atoms with Gasteiger partial charge in [0, 0.05) is 11.1 Å². The summed E-state index contributed by atoms with van der Waals surface area (Å²) >= 11 is 0. The molecule has 1 atom stereocenters. The topological polar surface area (TPSA) is 66.5 Å². The highest BCUT2D eigenvalue weighted by Crippen LogP contribution is 2.43. The van der Waals surface area contributed by atoms with Crippen LogP contribution in [0.2, 0.25) is 0 Å². The molecule has 0 bridgehead atoms. The zero-order valence-corrected chi connectivity index (χ0v) is 18.9. The number of anilines is 1. The molecule has 0 unspecified atom stereocenters. The normalized spacial score (nSPS) is 18.3. The molecule has 32 heavy (non-hydrogen) atoms. The van der Waals surface area contributed by atoms with Crippen molar-refractivity contribution in [3.05, 3.63) is 83.4 Å². The molecule has 5 nitrogen and oxygen atoms in total. The van der Waals surface area contributed by atoms with Crippen LogP contribution in [-0.4, -0.2) is 20.9 Å². The Hall–Kier alpha value is -3.12. The molecule has 2 aliphatic rings. The van der Waals surface area contributed by atoms with Gasteiger partial charge in [-0.1, -0.05) is 55.5 Å². The van der Waals surface area contributed by atoms with Crippen molar-refractivity contribution < 1.29 is 13.2 Å². The third-order valence-electron chi connectivity index (χ3n) is 6.48. The Kier molecular flexibility index (Phi) is 5.25. The number of amides is 1. The number of aryl methyl sites for hydroxylation is 2. The number of rotatable bonds is 4. The van der Waals surface area contributed by atoms with E-state index in [0.29, 0.717) is 11.3 Å². The molecule has 0 spiro atoms. The Morgan fingerprint density at radius 3 is 2.66 bits per heavy atom. The van der Waals surface area contributed by atoms with Gasteiger partial charge in [0.2, 0.25) is 5.91 Å². The molecule has 3 aromatic rings. The lowest BCUT2D eigenvalue weighted by atomic mass is 9.88. The van der Waals surface area contributed by atoms with Crippen molar-refractivity contribution >= 4 is 21.6 Å². The Balaban J connectivity index is 1.48. The number of nitrogens with one attached hydrogen (secondary N) is 1. The summed E-state index contributed by atoms with van der Waals surface area (Å²) in [6.45, 7) is 1.83. The first-order valence-corrected chi connectivity index (χ1v) is 12.6. The highest BCUT2D eigenvalue weighted by Gasteiger charge is 2.36. The van der Waals surface area contributed by atoms with E-state index in [1.54, 1.807) is 12.1 Å². The monoisotopic (exact) mass is 446 g/mol. The molecule has 0 fully saturated rings. The van der Waals surface area contributed by atoms with Gasteiger partial charge in [0.05, 0.1) is 16.6 Å². The molecule has 1 heterocycles. The smallest absolute Gasteiger partial charge is 0.265 e. The Morgan fingerprint density at radius 1 is 1.03 bits per heavy atom. The predicted molar refractivity (Wildman–Crippen MR) is 126 cm³/mol. The fraction of sp³-hybridized carbons (Fsp3) is 0.269. The van der Waals surface area contributed by atoms with E-state index in [-0.39, 0.29) is 23.4 Å². The van der Waals surface area contributed by atoms with E-state index in [0.717, 1.165) is 42.4 Å². The van der Waals surface area contributed by atoms with Crippen LogP contribution in [0.3, 0.4) is 0 Å². The van der Waals surface area contributed by atoms with E-state index in [2.05, 4.69) is 24.4 Å². The molecule has 6 heteroatoms. The van der Waals surface area contributed by atoms with Gasteiger partial charge in [-0.15, -0.1) is 0 Å². The average Bonchev–Trinajstić information content (AvgIpc) is 2.82. The number of hydrogen-bond donors (Lipinski definition) is 1. The first kappa shape index (κ1) is 20.8. The lowest BCUT2D eigenvalue weighted by Gasteiger charge is -2.33. The molecule has 164 valence electrons. The molecule has 0 saturated heterocycles. The lowest BCUT2D eigenvalue weighted by Crippen LogP contribution is -2.43. The van der Waals surface area contributed by atoms with Crippen molar-refractivity contribution in [1.82, 2.24) is 5.32 Å². The largest absolute Gasteiger partial charge is 0.348 e. The molecule has 0 radical (unpaired) electrons. The summed E-state index contributed by atoms with van der Waals surface area (Å²) in [4.78, 5) is 13.4. The van der Waals surface area contributed by atoms with Crippen LogP contribution in [0.25, 0.3) is 11.1 Å². The molecule has 0 saturated carbocycles. The molecular weight excluding hydrogens is 420 g/mol. The maximum Gasteiger partial charge on any atom is 0.265 e. The molecule has 1 N–H and O–H groups in total. The number of carbonyl (C=O) groups is 1. The van der Waals surface area contributed by atoms with Crippen LogP contribution in [-0.2, 0) is 27.7 Å². The number of benzene rings is 3. The predicted octanol–water partition coefficient (Wildman–Crippen LogP) is 4.62. The van der Waals surface area contributed by atoms with Gasteiger partial charge in [0.1, 0.15) is 6.54 Å². The van der Waals surface area contributed by atoms with Gasteiger partial charge in [0.25, 0.3) is 10.0 Å². The number of nitrogens with zero attached hydrogens (tertiary/aromatic N) is 1. The van der Waals surface area contributed by atoms with Crippen LogP contribution in [0.15, 0.2) is 71.6 Å². The van der Waals surface area contributed by atoms with Gasteiger partial charge in [0.15, 0.2) is 0 Å². The minimum Gasteiger partial charge on any atom is -0.348 e. The fourth-order valence-electron chi connectivity index (χ4n) is 4.84. The second-order valence-corrected chi connectivity index (χ2v) is 10.3. The summed E-state index contributed by atoms with van der Waals surface area (Å²) in [5, 5.41) is 3.09.